The molecule has 2 aliphatic carbocycles. The minimum absolute atomic E-state index is 0.0806. The van der Waals surface area contributed by atoms with Gasteiger partial charge < -0.3 is 5.32 Å². The lowest BCUT2D eigenvalue weighted by Gasteiger charge is -2.23. The van der Waals surface area contributed by atoms with E-state index in [1.807, 2.05) is 24.0 Å². The minimum atomic E-state index is 0.0806. The van der Waals surface area contributed by atoms with Crippen LogP contribution >= 0.6 is 11.3 Å². The number of aryl methyl sites for hydroxylation is 2. The molecule has 2 heterocycles. The summed E-state index contributed by atoms with van der Waals surface area (Å²) >= 11 is 1.71. The Bertz CT molecular complexity index is 904. The first-order valence-corrected chi connectivity index (χ1v) is 11.9. The largest absolute Gasteiger partial charge is 0.349 e. The fraction of sp³-hybridized carbons (Fsp3) is 0.609. The lowest BCUT2D eigenvalue weighted by Crippen LogP contribution is -2.36. The van der Waals surface area contributed by atoms with Crippen LogP contribution in [-0.2, 0) is 19.4 Å². The zero-order chi connectivity index (χ0) is 20.4. The fourth-order valence-corrected chi connectivity index (χ4v) is 5.87. The lowest BCUT2D eigenvalue weighted by atomic mass is 9.88. The van der Waals surface area contributed by atoms with Gasteiger partial charge in [0.25, 0.3) is 5.91 Å². The molecule has 0 saturated heterocycles. The maximum absolute atomic E-state index is 13.3. The molecular weight excluding hydrogens is 380 g/mol. The van der Waals surface area contributed by atoms with Crippen molar-refractivity contribution in [3.05, 3.63) is 33.5 Å². The van der Waals surface area contributed by atoms with Crippen molar-refractivity contribution in [2.75, 3.05) is 0 Å². The van der Waals surface area contributed by atoms with Crippen LogP contribution in [0, 0.1) is 12.8 Å². The molecule has 0 bridgehead atoms. The van der Waals surface area contributed by atoms with Crippen LogP contribution in [0.15, 0.2) is 11.2 Å². The van der Waals surface area contributed by atoms with Crippen molar-refractivity contribution in [3.8, 4) is 0 Å². The van der Waals surface area contributed by atoms with E-state index in [0.29, 0.717) is 12.0 Å². The number of nitrogens with zero attached hydrogens (tertiary/aromatic N) is 3. The van der Waals surface area contributed by atoms with Crippen molar-refractivity contribution in [2.24, 2.45) is 10.9 Å². The molecule has 0 spiro atoms. The van der Waals surface area contributed by atoms with E-state index in [9.17, 15) is 4.79 Å². The van der Waals surface area contributed by atoms with Gasteiger partial charge in [-0.3, -0.25) is 9.48 Å². The van der Waals surface area contributed by atoms with E-state index in [1.165, 1.54) is 29.7 Å². The van der Waals surface area contributed by atoms with Gasteiger partial charge in [-0.25, -0.2) is 4.99 Å². The number of hydrogen-bond acceptors (Lipinski definition) is 4. The van der Waals surface area contributed by atoms with Gasteiger partial charge in [0.1, 0.15) is 5.00 Å². The number of amides is 1. The first-order valence-electron chi connectivity index (χ1n) is 11.1. The highest BCUT2D eigenvalue weighted by Crippen LogP contribution is 2.41. The molecule has 2 aliphatic rings. The van der Waals surface area contributed by atoms with Crippen LogP contribution in [-0.4, -0.2) is 27.9 Å². The van der Waals surface area contributed by atoms with Crippen molar-refractivity contribution < 1.29 is 4.79 Å². The Kier molecular flexibility index (Phi) is 6.18. The smallest absolute Gasteiger partial charge is 0.254 e. The standard InChI is InChI=1S/C23H32N4OS/c1-4-27-14-17(16(3)26-27)13-24-23-21(19-11-10-15(2)12-20(19)29-23)22(28)25-18-8-6-5-7-9-18/h13-15,18H,4-12H2,1-3H3,(H,25,28)/t15-/m0/s1. The third-order valence-electron chi connectivity index (χ3n) is 6.29. The first kappa shape index (κ1) is 20.3. The Hall–Kier alpha value is -1.95. The first-order chi connectivity index (χ1) is 14.0. The molecule has 156 valence electrons. The molecule has 1 fully saturated rings. The molecule has 2 aromatic heterocycles. The number of rotatable bonds is 5. The van der Waals surface area contributed by atoms with Crippen molar-refractivity contribution in [2.45, 2.75) is 84.7 Å². The van der Waals surface area contributed by atoms with E-state index < -0.39 is 0 Å². The molecule has 4 rings (SSSR count). The van der Waals surface area contributed by atoms with Crippen molar-refractivity contribution in [1.29, 1.82) is 0 Å². The molecule has 0 unspecified atom stereocenters. The summed E-state index contributed by atoms with van der Waals surface area (Å²) in [5.74, 6) is 0.759. The number of carbonyl (C=O) groups excluding carboxylic acids is 1. The summed E-state index contributed by atoms with van der Waals surface area (Å²) in [5, 5.41) is 8.69. The van der Waals surface area contributed by atoms with E-state index in [0.717, 1.165) is 60.5 Å². The van der Waals surface area contributed by atoms with Crippen LogP contribution in [0.2, 0.25) is 0 Å². The van der Waals surface area contributed by atoms with Crippen molar-refractivity contribution in [1.82, 2.24) is 15.1 Å². The lowest BCUT2D eigenvalue weighted by molar-refractivity contribution is 0.0927. The van der Waals surface area contributed by atoms with Crippen molar-refractivity contribution in [3.63, 3.8) is 0 Å². The fourth-order valence-electron chi connectivity index (χ4n) is 4.52. The van der Waals surface area contributed by atoms with E-state index in [1.54, 1.807) is 11.3 Å². The molecule has 5 nitrogen and oxygen atoms in total. The molecule has 6 heteroatoms. The van der Waals surface area contributed by atoms with Crippen molar-refractivity contribution >= 4 is 28.5 Å². The minimum Gasteiger partial charge on any atom is -0.349 e. The SMILES string of the molecule is CCn1cc(C=Nc2sc3c(c2C(=O)NC2CCCCC2)CC[C@H](C)C3)c(C)n1. The maximum Gasteiger partial charge on any atom is 0.254 e. The summed E-state index contributed by atoms with van der Waals surface area (Å²) < 4.78 is 1.93. The summed E-state index contributed by atoms with van der Waals surface area (Å²) in [6.07, 6.45) is 13.0. The van der Waals surface area contributed by atoms with Gasteiger partial charge in [-0.1, -0.05) is 26.2 Å². The Balaban J connectivity index is 1.64. The number of fused-ring (bicyclic) bond motifs is 1. The van der Waals surface area contributed by atoms with Crippen LogP contribution in [0.5, 0.6) is 0 Å². The van der Waals surface area contributed by atoms with Crippen LogP contribution in [0.4, 0.5) is 5.00 Å². The average Bonchev–Trinajstić information content (AvgIpc) is 3.26. The van der Waals surface area contributed by atoms with Gasteiger partial charge in [-0.05, 0) is 57.4 Å². The van der Waals surface area contributed by atoms with Gasteiger partial charge in [0.05, 0.1) is 11.3 Å². The zero-order valence-electron chi connectivity index (χ0n) is 17.8. The number of nitrogens with one attached hydrogen (secondary N) is 1. The maximum atomic E-state index is 13.3. The summed E-state index contributed by atoms with van der Waals surface area (Å²) in [5.41, 5.74) is 4.07. The molecule has 1 N–H and O–H groups in total. The third-order valence-corrected chi connectivity index (χ3v) is 7.45. The molecule has 1 saturated carbocycles. The zero-order valence-corrected chi connectivity index (χ0v) is 18.6. The quantitative estimate of drug-likeness (QED) is 0.685. The highest BCUT2D eigenvalue weighted by Gasteiger charge is 2.28. The number of carbonyl (C=O) groups is 1. The average molecular weight is 413 g/mol. The number of hydrogen-bond donors (Lipinski definition) is 1. The summed E-state index contributed by atoms with van der Waals surface area (Å²) in [6.45, 7) is 7.23. The Labute approximate surface area is 177 Å². The normalized spacial score (nSPS) is 20.2. The monoisotopic (exact) mass is 412 g/mol. The second-order valence-electron chi connectivity index (χ2n) is 8.62. The molecule has 0 radical (unpaired) electrons. The predicted octanol–water partition coefficient (Wildman–Crippen LogP) is 5.21. The molecule has 0 aromatic carbocycles. The molecule has 2 aromatic rings. The summed E-state index contributed by atoms with van der Waals surface area (Å²) in [4.78, 5) is 19.4. The van der Waals surface area contributed by atoms with E-state index in [4.69, 9.17) is 4.99 Å². The van der Waals surface area contributed by atoms with Gasteiger partial charge >= 0.3 is 0 Å². The van der Waals surface area contributed by atoms with Crippen LogP contribution in [0.3, 0.4) is 0 Å². The van der Waals surface area contributed by atoms with Gasteiger partial charge in [0, 0.05) is 35.4 Å². The molecule has 1 amide bonds. The second kappa shape index (κ2) is 8.82. The van der Waals surface area contributed by atoms with Crippen LogP contribution < -0.4 is 5.32 Å². The topological polar surface area (TPSA) is 59.3 Å². The number of aliphatic imine (C=N–C) groups is 1. The van der Waals surface area contributed by atoms with Crippen LogP contribution in [0.1, 0.15) is 84.4 Å². The highest BCUT2D eigenvalue weighted by atomic mass is 32.1. The molecule has 0 aliphatic heterocycles. The molecular formula is C23H32N4OS. The van der Waals surface area contributed by atoms with Crippen LogP contribution in [0.25, 0.3) is 0 Å². The van der Waals surface area contributed by atoms with Gasteiger partial charge in [0.2, 0.25) is 0 Å². The van der Waals surface area contributed by atoms with Gasteiger partial charge in [0.15, 0.2) is 0 Å². The van der Waals surface area contributed by atoms with E-state index >= 15 is 0 Å². The Morgan fingerprint density at radius 3 is 2.86 bits per heavy atom. The summed E-state index contributed by atoms with van der Waals surface area (Å²) in [6, 6.07) is 0.316. The van der Waals surface area contributed by atoms with Gasteiger partial charge in [-0.15, -0.1) is 11.3 Å². The van der Waals surface area contributed by atoms with E-state index in [2.05, 4.69) is 24.3 Å². The molecule has 1 atom stereocenters. The van der Waals surface area contributed by atoms with E-state index in [-0.39, 0.29) is 5.91 Å². The Morgan fingerprint density at radius 1 is 1.34 bits per heavy atom. The Morgan fingerprint density at radius 2 is 2.14 bits per heavy atom. The highest BCUT2D eigenvalue weighted by molar-refractivity contribution is 7.16. The number of thiophene rings is 1. The number of aromatic nitrogens is 2. The second-order valence-corrected chi connectivity index (χ2v) is 9.71. The predicted molar refractivity (Wildman–Crippen MR) is 120 cm³/mol. The van der Waals surface area contributed by atoms with Gasteiger partial charge in [-0.2, -0.15) is 5.10 Å². The summed E-state index contributed by atoms with van der Waals surface area (Å²) in [7, 11) is 0. The third kappa shape index (κ3) is 4.47. The molecule has 29 heavy (non-hydrogen) atoms.